The Morgan fingerprint density at radius 2 is 1.91 bits per heavy atom. The Morgan fingerprint density at radius 3 is 2.66 bits per heavy atom. The number of rotatable bonds is 7. The van der Waals surface area contributed by atoms with Gasteiger partial charge >= 0.3 is 0 Å². The molecule has 1 fully saturated rings. The highest BCUT2D eigenvalue weighted by molar-refractivity contribution is 7.91. The van der Waals surface area contributed by atoms with Crippen LogP contribution in [-0.2, 0) is 9.84 Å². The molecule has 1 amide bonds. The highest BCUT2D eigenvalue weighted by atomic mass is 32.2. The van der Waals surface area contributed by atoms with Crippen molar-refractivity contribution >= 4 is 42.4 Å². The van der Waals surface area contributed by atoms with Gasteiger partial charge in [0.2, 0.25) is 0 Å². The maximum Gasteiger partial charge on any atom is 0.252 e. The van der Waals surface area contributed by atoms with E-state index >= 15 is 0 Å². The van der Waals surface area contributed by atoms with Gasteiger partial charge in [-0.25, -0.2) is 17.8 Å². The number of anilines is 1. The molecule has 170 valence electrons. The van der Waals surface area contributed by atoms with Crippen molar-refractivity contribution in [2.75, 3.05) is 49.9 Å². The van der Waals surface area contributed by atoms with Crippen molar-refractivity contribution in [2.24, 2.45) is 0 Å². The molecular formula is C22H25FN4O3S2. The summed E-state index contributed by atoms with van der Waals surface area (Å²) in [5.41, 5.74) is 0.994. The summed E-state index contributed by atoms with van der Waals surface area (Å²) in [6, 6.07) is 10.9. The molecule has 1 aromatic heterocycles. The molecule has 2 heterocycles. The van der Waals surface area contributed by atoms with E-state index in [-0.39, 0.29) is 27.9 Å². The number of hydrogen-bond acceptors (Lipinski definition) is 7. The van der Waals surface area contributed by atoms with E-state index in [9.17, 15) is 17.6 Å². The number of carbonyl (C=O) groups is 1. The Morgan fingerprint density at radius 1 is 1.16 bits per heavy atom. The lowest BCUT2D eigenvalue weighted by atomic mass is 10.2. The summed E-state index contributed by atoms with van der Waals surface area (Å²) < 4.78 is 38.8. The number of fused-ring (bicyclic) bond motifs is 1. The second-order valence-corrected chi connectivity index (χ2v) is 10.8. The fourth-order valence-corrected chi connectivity index (χ4v) is 5.82. The first kappa shape index (κ1) is 22.6. The Labute approximate surface area is 190 Å². The molecule has 0 aliphatic carbocycles. The van der Waals surface area contributed by atoms with E-state index in [1.807, 2.05) is 0 Å². The van der Waals surface area contributed by atoms with Crippen LogP contribution in [0.25, 0.3) is 10.2 Å². The predicted octanol–water partition coefficient (Wildman–Crippen LogP) is 2.78. The van der Waals surface area contributed by atoms with Crippen molar-refractivity contribution in [1.82, 2.24) is 15.2 Å². The number of aromatic nitrogens is 1. The zero-order valence-electron chi connectivity index (χ0n) is 17.8. The van der Waals surface area contributed by atoms with Gasteiger partial charge in [-0.3, -0.25) is 9.69 Å². The minimum Gasteiger partial charge on any atom is -0.351 e. The Bertz CT molecular complexity index is 1220. The second-order valence-electron chi connectivity index (χ2n) is 7.59. The van der Waals surface area contributed by atoms with E-state index in [0.29, 0.717) is 13.1 Å². The molecule has 1 saturated heterocycles. The van der Waals surface area contributed by atoms with E-state index in [2.05, 4.69) is 20.1 Å². The third-order valence-electron chi connectivity index (χ3n) is 5.54. The highest BCUT2D eigenvalue weighted by Gasteiger charge is 2.22. The van der Waals surface area contributed by atoms with Crippen molar-refractivity contribution in [3.8, 4) is 0 Å². The third-order valence-corrected chi connectivity index (χ3v) is 8.41. The Hall–Kier alpha value is -2.56. The molecule has 10 heteroatoms. The van der Waals surface area contributed by atoms with Crippen molar-refractivity contribution < 1.29 is 17.6 Å². The van der Waals surface area contributed by atoms with E-state index in [1.165, 1.54) is 29.5 Å². The van der Waals surface area contributed by atoms with Crippen LogP contribution in [0.3, 0.4) is 0 Å². The van der Waals surface area contributed by atoms with Gasteiger partial charge in [-0.05, 0) is 30.3 Å². The van der Waals surface area contributed by atoms with Gasteiger partial charge < -0.3 is 10.2 Å². The molecule has 2 aromatic carbocycles. The van der Waals surface area contributed by atoms with Crippen LogP contribution < -0.4 is 10.2 Å². The van der Waals surface area contributed by atoms with Crippen molar-refractivity contribution in [2.45, 2.75) is 11.8 Å². The minimum atomic E-state index is -3.47. The largest absolute Gasteiger partial charge is 0.351 e. The standard InChI is InChI=1S/C22H25FN4O3S2/c1-2-32(29,30)20-6-4-3-5-17(20)21(28)24-9-10-26-11-13-27(14-12-26)22-25-18-8-7-16(23)15-19(18)31-22/h3-8,15H,2,9-14H2,1H3,(H,24,28). The number of thiazole rings is 1. The first-order valence-electron chi connectivity index (χ1n) is 10.5. The molecule has 0 bridgehead atoms. The van der Waals surface area contributed by atoms with Gasteiger partial charge in [0.25, 0.3) is 5.91 Å². The molecule has 3 aromatic rings. The quantitative estimate of drug-likeness (QED) is 0.565. The van der Waals surface area contributed by atoms with Crippen LogP contribution in [0.5, 0.6) is 0 Å². The topological polar surface area (TPSA) is 82.6 Å². The number of carbonyl (C=O) groups excluding carboxylic acids is 1. The SMILES string of the molecule is CCS(=O)(=O)c1ccccc1C(=O)NCCN1CCN(c2nc3ccc(F)cc3s2)CC1. The molecule has 1 aliphatic rings. The molecular weight excluding hydrogens is 451 g/mol. The number of amides is 1. The highest BCUT2D eigenvalue weighted by Crippen LogP contribution is 2.29. The van der Waals surface area contributed by atoms with Crippen LogP contribution in [0, 0.1) is 5.82 Å². The smallest absolute Gasteiger partial charge is 0.252 e. The molecule has 0 saturated carbocycles. The van der Waals surface area contributed by atoms with Crippen molar-refractivity contribution in [1.29, 1.82) is 0 Å². The summed E-state index contributed by atoms with van der Waals surface area (Å²) in [5.74, 6) is -0.682. The summed E-state index contributed by atoms with van der Waals surface area (Å²) in [6.07, 6.45) is 0. The van der Waals surface area contributed by atoms with Gasteiger partial charge in [-0.2, -0.15) is 0 Å². The minimum absolute atomic E-state index is 0.0504. The maximum absolute atomic E-state index is 13.4. The Kier molecular flexibility index (Phi) is 6.73. The number of hydrogen-bond donors (Lipinski definition) is 1. The lowest BCUT2D eigenvalue weighted by molar-refractivity contribution is 0.0944. The fraction of sp³-hybridized carbons (Fsp3) is 0.364. The zero-order chi connectivity index (χ0) is 22.7. The summed E-state index contributed by atoms with van der Waals surface area (Å²) >= 11 is 1.49. The van der Waals surface area contributed by atoms with E-state index in [0.717, 1.165) is 41.5 Å². The molecule has 0 unspecified atom stereocenters. The monoisotopic (exact) mass is 476 g/mol. The maximum atomic E-state index is 13.4. The van der Waals surface area contributed by atoms with Gasteiger partial charge in [-0.15, -0.1) is 0 Å². The van der Waals surface area contributed by atoms with Gasteiger partial charge in [-0.1, -0.05) is 30.4 Å². The summed E-state index contributed by atoms with van der Waals surface area (Å²) in [5, 5.41) is 3.74. The number of piperazine rings is 1. The molecule has 1 aliphatic heterocycles. The van der Waals surface area contributed by atoms with Crippen LogP contribution in [-0.4, -0.2) is 69.2 Å². The summed E-state index contributed by atoms with van der Waals surface area (Å²) in [7, 11) is -3.47. The molecule has 1 N–H and O–H groups in total. The number of halogens is 1. The molecule has 7 nitrogen and oxygen atoms in total. The van der Waals surface area contributed by atoms with Crippen LogP contribution in [0.15, 0.2) is 47.4 Å². The van der Waals surface area contributed by atoms with Gasteiger partial charge in [0.05, 0.1) is 26.4 Å². The van der Waals surface area contributed by atoms with E-state index in [1.54, 1.807) is 31.2 Å². The summed E-state index contributed by atoms with van der Waals surface area (Å²) in [4.78, 5) is 21.7. The van der Waals surface area contributed by atoms with Crippen molar-refractivity contribution in [3.63, 3.8) is 0 Å². The van der Waals surface area contributed by atoms with Gasteiger partial charge in [0.1, 0.15) is 5.82 Å². The molecule has 32 heavy (non-hydrogen) atoms. The summed E-state index contributed by atoms with van der Waals surface area (Å²) in [6.45, 7) is 5.91. The van der Waals surface area contributed by atoms with Crippen LogP contribution in [0.1, 0.15) is 17.3 Å². The predicted molar refractivity (Wildman–Crippen MR) is 125 cm³/mol. The molecule has 4 rings (SSSR count). The first-order valence-corrected chi connectivity index (χ1v) is 13.0. The third kappa shape index (κ3) is 4.92. The van der Waals surface area contributed by atoms with E-state index in [4.69, 9.17) is 0 Å². The average molecular weight is 477 g/mol. The van der Waals surface area contributed by atoms with Crippen molar-refractivity contribution in [3.05, 3.63) is 53.8 Å². The lowest BCUT2D eigenvalue weighted by Gasteiger charge is -2.34. The van der Waals surface area contributed by atoms with Crippen LogP contribution in [0.4, 0.5) is 9.52 Å². The second kappa shape index (κ2) is 9.51. The lowest BCUT2D eigenvalue weighted by Crippen LogP contribution is -2.48. The number of benzene rings is 2. The normalized spacial score (nSPS) is 15.2. The molecule has 0 radical (unpaired) electrons. The van der Waals surface area contributed by atoms with E-state index < -0.39 is 9.84 Å². The average Bonchev–Trinajstić information content (AvgIpc) is 3.22. The number of nitrogens with one attached hydrogen (secondary N) is 1. The number of nitrogens with zero attached hydrogens (tertiary/aromatic N) is 3. The fourth-order valence-electron chi connectivity index (χ4n) is 3.69. The Balaban J connectivity index is 1.29. The van der Waals surface area contributed by atoms with Crippen LogP contribution in [0.2, 0.25) is 0 Å². The number of sulfone groups is 1. The molecule has 0 atom stereocenters. The molecule has 0 spiro atoms. The van der Waals surface area contributed by atoms with Gasteiger partial charge in [0, 0.05) is 39.3 Å². The van der Waals surface area contributed by atoms with Crippen LogP contribution >= 0.6 is 11.3 Å². The zero-order valence-corrected chi connectivity index (χ0v) is 19.4. The van der Waals surface area contributed by atoms with Gasteiger partial charge in [0.15, 0.2) is 15.0 Å². The first-order chi connectivity index (χ1) is 15.4.